The highest BCUT2D eigenvalue weighted by molar-refractivity contribution is 5.99. The third-order valence-electron chi connectivity index (χ3n) is 7.16. The predicted molar refractivity (Wildman–Crippen MR) is 127 cm³/mol. The molecule has 0 unspecified atom stereocenters. The van der Waals surface area contributed by atoms with Crippen LogP contribution >= 0.6 is 0 Å². The Morgan fingerprint density at radius 1 is 1.26 bits per heavy atom. The molecular formula is C26H28FN3O4. The third-order valence-corrected chi connectivity index (χ3v) is 7.16. The lowest BCUT2D eigenvalue weighted by Gasteiger charge is -2.33. The Hall–Kier alpha value is -3.39. The highest BCUT2D eigenvalue weighted by Crippen LogP contribution is 2.46. The number of ether oxygens (including phenoxy) is 1. The topological polar surface area (TPSA) is 100 Å². The molecule has 2 aromatic heterocycles. The standard InChI is InChI=1S/C26H28FN3O4/c1-14(2)24-23(15-6-8-26(33,9-7-15)25(31)32)18-12-20-16(13-28-29-20)10-21(18)30(24)17-4-5-19(27)22(11-17)34-3/h4-5,10-15,33H,6-9H2,1-3H3,(H,28,29)(H,31,32). The minimum atomic E-state index is -1.67. The monoisotopic (exact) mass is 465 g/mol. The molecule has 7 nitrogen and oxygen atoms in total. The number of nitrogens with one attached hydrogen (secondary N) is 1. The molecule has 1 aliphatic rings. The van der Waals surface area contributed by atoms with Crippen molar-refractivity contribution >= 4 is 27.8 Å². The van der Waals surface area contributed by atoms with Crippen molar-refractivity contribution in [1.29, 1.82) is 0 Å². The lowest BCUT2D eigenvalue weighted by molar-refractivity contribution is -0.162. The first-order chi connectivity index (χ1) is 16.2. The second kappa shape index (κ2) is 8.13. The van der Waals surface area contributed by atoms with Gasteiger partial charge in [0, 0.05) is 28.2 Å². The first-order valence-electron chi connectivity index (χ1n) is 11.5. The number of carbonyl (C=O) groups is 1. The molecule has 8 heteroatoms. The van der Waals surface area contributed by atoms with Crippen molar-refractivity contribution in [3.63, 3.8) is 0 Å². The number of aromatic nitrogens is 3. The zero-order valence-electron chi connectivity index (χ0n) is 19.4. The number of aliphatic carboxylic acids is 1. The number of hydrogen-bond donors (Lipinski definition) is 3. The molecule has 2 heterocycles. The number of halogens is 1. The second-order valence-electron chi connectivity index (χ2n) is 9.55. The highest BCUT2D eigenvalue weighted by atomic mass is 19.1. The first-order valence-corrected chi connectivity index (χ1v) is 11.5. The fraction of sp³-hybridized carbons (Fsp3) is 0.385. The van der Waals surface area contributed by atoms with Crippen LogP contribution in [0.1, 0.15) is 62.6 Å². The van der Waals surface area contributed by atoms with E-state index in [2.05, 4.69) is 40.7 Å². The summed E-state index contributed by atoms with van der Waals surface area (Å²) in [5, 5.41) is 29.2. The maximum atomic E-state index is 14.2. The van der Waals surface area contributed by atoms with E-state index in [1.54, 1.807) is 18.3 Å². The lowest BCUT2D eigenvalue weighted by atomic mass is 9.74. The average Bonchev–Trinajstić information content (AvgIpc) is 3.40. The van der Waals surface area contributed by atoms with Gasteiger partial charge >= 0.3 is 5.97 Å². The molecular weight excluding hydrogens is 437 g/mol. The normalized spacial score (nSPS) is 20.9. The van der Waals surface area contributed by atoms with Crippen molar-refractivity contribution in [3.8, 4) is 11.4 Å². The highest BCUT2D eigenvalue weighted by Gasteiger charge is 2.41. The van der Waals surface area contributed by atoms with E-state index >= 15 is 0 Å². The molecule has 0 atom stereocenters. The number of fused-ring (bicyclic) bond motifs is 2. The number of carboxylic acid groups (broad SMARTS) is 1. The van der Waals surface area contributed by atoms with Gasteiger partial charge in [-0.3, -0.25) is 5.10 Å². The Labute approximate surface area is 196 Å². The van der Waals surface area contributed by atoms with Crippen LogP contribution in [-0.2, 0) is 4.79 Å². The molecule has 4 aromatic rings. The van der Waals surface area contributed by atoms with E-state index in [9.17, 15) is 19.4 Å². The van der Waals surface area contributed by atoms with Gasteiger partial charge in [-0.05, 0) is 67.3 Å². The molecule has 178 valence electrons. The number of benzene rings is 2. The van der Waals surface area contributed by atoms with Gasteiger partial charge < -0.3 is 19.5 Å². The van der Waals surface area contributed by atoms with E-state index in [0.717, 1.165) is 38.8 Å². The maximum Gasteiger partial charge on any atom is 0.335 e. The fourth-order valence-corrected chi connectivity index (χ4v) is 5.43. The van der Waals surface area contributed by atoms with Crippen LogP contribution in [0.4, 0.5) is 4.39 Å². The van der Waals surface area contributed by atoms with Gasteiger partial charge in [0.15, 0.2) is 17.2 Å². The Bertz CT molecular complexity index is 1400. The number of carboxylic acids is 1. The first kappa shape index (κ1) is 22.4. The molecule has 1 fully saturated rings. The quantitative estimate of drug-likeness (QED) is 0.374. The van der Waals surface area contributed by atoms with Crippen LogP contribution in [0.3, 0.4) is 0 Å². The molecule has 0 bridgehead atoms. The Balaban J connectivity index is 1.77. The Kier molecular flexibility index (Phi) is 5.36. The van der Waals surface area contributed by atoms with E-state index in [0.29, 0.717) is 12.8 Å². The van der Waals surface area contributed by atoms with Crippen LogP contribution in [0.25, 0.3) is 27.5 Å². The summed E-state index contributed by atoms with van der Waals surface area (Å²) in [6.07, 6.45) is 3.31. The largest absolute Gasteiger partial charge is 0.494 e. The van der Waals surface area contributed by atoms with Crippen LogP contribution in [0.5, 0.6) is 5.75 Å². The average molecular weight is 466 g/mol. The summed E-state index contributed by atoms with van der Waals surface area (Å²) in [5.74, 6) is -1.19. The van der Waals surface area contributed by atoms with E-state index in [1.165, 1.54) is 13.2 Å². The van der Waals surface area contributed by atoms with Crippen molar-refractivity contribution in [2.45, 2.75) is 57.0 Å². The van der Waals surface area contributed by atoms with Crippen LogP contribution in [0.2, 0.25) is 0 Å². The Morgan fingerprint density at radius 2 is 2.00 bits per heavy atom. The minimum Gasteiger partial charge on any atom is -0.494 e. The molecule has 5 rings (SSSR count). The minimum absolute atomic E-state index is 0.0866. The number of rotatable bonds is 5. The van der Waals surface area contributed by atoms with Gasteiger partial charge in [-0.2, -0.15) is 5.10 Å². The fourth-order valence-electron chi connectivity index (χ4n) is 5.43. The number of aromatic amines is 1. The summed E-state index contributed by atoms with van der Waals surface area (Å²) in [5.41, 5.74) is 3.25. The van der Waals surface area contributed by atoms with E-state index in [-0.39, 0.29) is 30.4 Å². The van der Waals surface area contributed by atoms with E-state index in [4.69, 9.17) is 4.74 Å². The number of aliphatic hydroxyl groups is 1. The van der Waals surface area contributed by atoms with Crippen molar-refractivity contribution in [1.82, 2.24) is 14.8 Å². The van der Waals surface area contributed by atoms with Gasteiger partial charge in [0.2, 0.25) is 0 Å². The van der Waals surface area contributed by atoms with Crippen molar-refractivity contribution < 1.29 is 24.1 Å². The number of nitrogens with zero attached hydrogens (tertiary/aromatic N) is 2. The molecule has 1 aliphatic carbocycles. The molecule has 1 saturated carbocycles. The van der Waals surface area contributed by atoms with Gasteiger partial charge in [-0.25, -0.2) is 9.18 Å². The van der Waals surface area contributed by atoms with Gasteiger partial charge in [-0.1, -0.05) is 13.8 Å². The summed E-state index contributed by atoms with van der Waals surface area (Å²) in [4.78, 5) is 11.6. The summed E-state index contributed by atoms with van der Waals surface area (Å²) >= 11 is 0. The van der Waals surface area contributed by atoms with Crippen LogP contribution in [0, 0.1) is 5.82 Å². The molecule has 34 heavy (non-hydrogen) atoms. The summed E-state index contributed by atoms with van der Waals surface area (Å²) in [6, 6.07) is 9.03. The van der Waals surface area contributed by atoms with Crippen LogP contribution in [-0.4, -0.2) is 43.7 Å². The van der Waals surface area contributed by atoms with E-state index < -0.39 is 17.4 Å². The molecule has 3 N–H and O–H groups in total. The zero-order valence-corrected chi connectivity index (χ0v) is 19.4. The van der Waals surface area contributed by atoms with Gasteiger partial charge in [0.1, 0.15) is 0 Å². The zero-order chi connectivity index (χ0) is 24.2. The maximum absolute atomic E-state index is 14.2. The second-order valence-corrected chi connectivity index (χ2v) is 9.55. The van der Waals surface area contributed by atoms with Gasteiger partial charge in [0.05, 0.1) is 24.3 Å². The van der Waals surface area contributed by atoms with Gasteiger partial charge in [-0.15, -0.1) is 0 Å². The van der Waals surface area contributed by atoms with Crippen molar-refractivity contribution in [2.24, 2.45) is 0 Å². The molecule has 0 saturated heterocycles. The third kappa shape index (κ3) is 3.44. The lowest BCUT2D eigenvalue weighted by Crippen LogP contribution is -2.41. The van der Waals surface area contributed by atoms with Crippen molar-refractivity contribution in [2.75, 3.05) is 7.11 Å². The molecule has 2 aromatic carbocycles. The summed E-state index contributed by atoms with van der Waals surface area (Å²) in [6.45, 7) is 4.25. The number of hydrogen-bond acceptors (Lipinski definition) is 4. The predicted octanol–water partition coefficient (Wildman–Crippen LogP) is 5.25. The number of H-pyrrole nitrogens is 1. The smallest absolute Gasteiger partial charge is 0.335 e. The Morgan fingerprint density at radius 3 is 2.65 bits per heavy atom. The SMILES string of the molecule is COc1cc(-n2c(C(C)C)c(C3CCC(O)(C(=O)O)CC3)c3cc4[nH]ncc4cc32)ccc1F. The summed E-state index contributed by atoms with van der Waals surface area (Å²) in [7, 11) is 1.45. The summed E-state index contributed by atoms with van der Waals surface area (Å²) < 4.78 is 21.7. The molecule has 0 spiro atoms. The van der Waals surface area contributed by atoms with Crippen LogP contribution < -0.4 is 4.74 Å². The number of methoxy groups -OCH3 is 1. The van der Waals surface area contributed by atoms with E-state index in [1.807, 2.05) is 0 Å². The molecule has 0 aliphatic heterocycles. The molecule has 0 amide bonds. The molecule has 0 radical (unpaired) electrons. The van der Waals surface area contributed by atoms with Crippen molar-refractivity contribution in [3.05, 3.63) is 53.6 Å². The van der Waals surface area contributed by atoms with Crippen LogP contribution in [0.15, 0.2) is 36.5 Å². The van der Waals surface area contributed by atoms with Gasteiger partial charge in [0.25, 0.3) is 0 Å².